The number of ether oxygens (including phenoxy) is 1. The van der Waals surface area contributed by atoms with Gasteiger partial charge in [0.05, 0.1) is 17.9 Å². The van der Waals surface area contributed by atoms with Crippen LogP contribution in [0.5, 0.6) is 0 Å². The molecule has 5 nitrogen and oxygen atoms in total. The molecule has 1 spiro atoms. The van der Waals surface area contributed by atoms with Crippen LogP contribution in [0, 0.1) is 11.3 Å². The Balaban J connectivity index is 1.59. The highest BCUT2D eigenvalue weighted by Crippen LogP contribution is 2.38. The van der Waals surface area contributed by atoms with Crippen LogP contribution in [0.1, 0.15) is 32.1 Å². The maximum atomic E-state index is 12.3. The first-order valence-electron chi connectivity index (χ1n) is 7.36. The molecule has 0 aromatic heterocycles. The number of piperidine rings is 2. The highest BCUT2D eigenvalue weighted by atomic mass is 16.5. The Labute approximate surface area is 113 Å². The van der Waals surface area contributed by atoms with Crippen LogP contribution in [-0.2, 0) is 14.3 Å². The second kappa shape index (κ2) is 5.12. The van der Waals surface area contributed by atoms with E-state index in [1.807, 2.05) is 4.90 Å². The molecule has 19 heavy (non-hydrogen) atoms. The number of hydrogen-bond donors (Lipinski definition) is 1. The Morgan fingerprint density at radius 1 is 1.32 bits per heavy atom. The van der Waals surface area contributed by atoms with Gasteiger partial charge in [-0.1, -0.05) is 0 Å². The average molecular weight is 266 g/mol. The molecule has 106 valence electrons. The fourth-order valence-corrected chi connectivity index (χ4v) is 3.55. The maximum Gasteiger partial charge on any atom is 0.228 e. The van der Waals surface area contributed by atoms with E-state index in [1.165, 1.54) is 0 Å². The molecule has 3 rings (SSSR count). The number of likely N-dealkylation sites (tertiary alicyclic amines) is 1. The summed E-state index contributed by atoms with van der Waals surface area (Å²) in [6, 6.07) is 0. The van der Waals surface area contributed by atoms with Crippen molar-refractivity contribution in [1.82, 2.24) is 10.2 Å². The van der Waals surface area contributed by atoms with Crippen LogP contribution in [0.15, 0.2) is 0 Å². The zero-order chi connectivity index (χ0) is 13.3. The Hall–Kier alpha value is -1.10. The number of nitrogens with zero attached hydrogens (tertiary/aromatic N) is 1. The van der Waals surface area contributed by atoms with Crippen molar-refractivity contribution in [2.24, 2.45) is 11.3 Å². The van der Waals surface area contributed by atoms with Gasteiger partial charge in [0.25, 0.3) is 0 Å². The minimum atomic E-state index is -0.193. The predicted octanol–water partition coefficient (Wildman–Crippen LogP) is 0.542. The standard InChI is InChI=1S/C14H22N2O3/c17-12(11-2-9-19-10-11)16-7-4-14(5-8-16)3-1-6-15-13(14)18/h11H,1-10H2,(H,15,18)/t11-/m0/s1. The normalized spacial score (nSPS) is 30.4. The molecular formula is C14H22N2O3. The van der Waals surface area contributed by atoms with Gasteiger partial charge in [-0.3, -0.25) is 9.59 Å². The van der Waals surface area contributed by atoms with Crippen LogP contribution < -0.4 is 5.32 Å². The van der Waals surface area contributed by atoms with E-state index in [2.05, 4.69) is 5.32 Å². The van der Waals surface area contributed by atoms with Gasteiger partial charge in [0.2, 0.25) is 11.8 Å². The van der Waals surface area contributed by atoms with Crippen LogP contribution in [0.25, 0.3) is 0 Å². The zero-order valence-corrected chi connectivity index (χ0v) is 11.3. The van der Waals surface area contributed by atoms with Crippen LogP contribution in [0.3, 0.4) is 0 Å². The minimum Gasteiger partial charge on any atom is -0.381 e. The molecule has 5 heteroatoms. The lowest BCUT2D eigenvalue weighted by molar-refractivity contribution is -0.144. The summed E-state index contributed by atoms with van der Waals surface area (Å²) in [4.78, 5) is 26.3. The molecule has 0 unspecified atom stereocenters. The van der Waals surface area contributed by atoms with Gasteiger partial charge < -0.3 is 15.0 Å². The first-order valence-corrected chi connectivity index (χ1v) is 7.36. The van der Waals surface area contributed by atoms with Gasteiger partial charge in [-0.2, -0.15) is 0 Å². The topological polar surface area (TPSA) is 58.6 Å². The van der Waals surface area contributed by atoms with E-state index in [0.29, 0.717) is 13.2 Å². The molecular weight excluding hydrogens is 244 g/mol. The van der Waals surface area contributed by atoms with Crippen molar-refractivity contribution in [3.8, 4) is 0 Å². The summed E-state index contributed by atoms with van der Waals surface area (Å²) >= 11 is 0. The lowest BCUT2D eigenvalue weighted by Gasteiger charge is -2.43. The van der Waals surface area contributed by atoms with Crippen molar-refractivity contribution in [2.75, 3.05) is 32.8 Å². The molecule has 3 aliphatic rings. The van der Waals surface area contributed by atoms with E-state index in [1.54, 1.807) is 0 Å². The smallest absolute Gasteiger partial charge is 0.228 e. The lowest BCUT2D eigenvalue weighted by atomic mass is 9.72. The Morgan fingerprint density at radius 2 is 2.11 bits per heavy atom. The molecule has 0 saturated carbocycles. The summed E-state index contributed by atoms with van der Waals surface area (Å²) in [6.07, 6.45) is 4.53. The van der Waals surface area contributed by atoms with Crippen molar-refractivity contribution in [1.29, 1.82) is 0 Å². The molecule has 1 atom stereocenters. The van der Waals surface area contributed by atoms with E-state index in [0.717, 1.165) is 51.7 Å². The van der Waals surface area contributed by atoms with Gasteiger partial charge in [0.1, 0.15) is 0 Å². The van der Waals surface area contributed by atoms with Gasteiger partial charge >= 0.3 is 0 Å². The summed E-state index contributed by atoms with van der Waals surface area (Å²) in [7, 11) is 0. The van der Waals surface area contributed by atoms with Gasteiger partial charge in [-0.15, -0.1) is 0 Å². The first kappa shape index (κ1) is 12.9. The predicted molar refractivity (Wildman–Crippen MR) is 69.4 cm³/mol. The molecule has 3 heterocycles. The minimum absolute atomic E-state index is 0.0502. The number of amides is 2. The third-order valence-electron chi connectivity index (χ3n) is 4.91. The van der Waals surface area contributed by atoms with Crippen LogP contribution in [0.4, 0.5) is 0 Å². The van der Waals surface area contributed by atoms with Crippen molar-refractivity contribution >= 4 is 11.8 Å². The summed E-state index contributed by atoms with van der Waals surface area (Å²) in [5.74, 6) is 0.479. The van der Waals surface area contributed by atoms with Crippen molar-refractivity contribution in [3.05, 3.63) is 0 Å². The van der Waals surface area contributed by atoms with Gasteiger partial charge in [-0.05, 0) is 32.1 Å². The van der Waals surface area contributed by atoms with E-state index < -0.39 is 0 Å². The van der Waals surface area contributed by atoms with E-state index in [-0.39, 0.29) is 23.1 Å². The lowest BCUT2D eigenvalue weighted by Crippen LogP contribution is -2.53. The van der Waals surface area contributed by atoms with Crippen molar-refractivity contribution < 1.29 is 14.3 Å². The molecule has 0 bridgehead atoms. The van der Waals surface area contributed by atoms with E-state index >= 15 is 0 Å². The summed E-state index contributed by atoms with van der Waals surface area (Å²) in [5.41, 5.74) is -0.193. The Bertz CT molecular complexity index is 369. The molecule has 3 saturated heterocycles. The molecule has 0 aromatic carbocycles. The molecule has 0 aliphatic carbocycles. The second-order valence-electron chi connectivity index (χ2n) is 6.03. The maximum absolute atomic E-state index is 12.3. The van der Waals surface area contributed by atoms with Gasteiger partial charge in [-0.25, -0.2) is 0 Å². The molecule has 3 fully saturated rings. The monoisotopic (exact) mass is 266 g/mol. The fraction of sp³-hybridized carbons (Fsp3) is 0.857. The molecule has 2 amide bonds. The molecule has 3 aliphatic heterocycles. The highest BCUT2D eigenvalue weighted by Gasteiger charge is 2.44. The quantitative estimate of drug-likeness (QED) is 0.753. The second-order valence-corrected chi connectivity index (χ2v) is 6.03. The van der Waals surface area contributed by atoms with Crippen LogP contribution in [-0.4, -0.2) is 49.6 Å². The van der Waals surface area contributed by atoms with E-state index in [4.69, 9.17) is 4.74 Å². The van der Waals surface area contributed by atoms with E-state index in [9.17, 15) is 9.59 Å². The summed E-state index contributed by atoms with van der Waals surface area (Å²) < 4.78 is 5.28. The largest absolute Gasteiger partial charge is 0.381 e. The van der Waals surface area contributed by atoms with Gasteiger partial charge in [0.15, 0.2) is 0 Å². The Morgan fingerprint density at radius 3 is 2.74 bits per heavy atom. The highest BCUT2D eigenvalue weighted by molar-refractivity contribution is 5.84. The van der Waals surface area contributed by atoms with Crippen molar-refractivity contribution in [3.63, 3.8) is 0 Å². The Kier molecular flexibility index (Phi) is 3.48. The SMILES string of the molecule is O=C([C@H]1CCOC1)N1CCC2(CCCNC2=O)CC1. The average Bonchev–Trinajstić information content (AvgIpc) is 2.96. The summed E-state index contributed by atoms with van der Waals surface area (Å²) in [6.45, 7) is 3.53. The molecule has 0 radical (unpaired) electrons. The zero-order valence-electron chi connectivity index (χ0n) is 11.3. The van der Waals surface area contributed by atoms with Gasteiger partial charge in [0, 0.05) is 26.2 Å². The first-order chi connectivity index (χ1) is 9.21. The summed E-state index contributed by atoms with van der Waals surface area (Å²) in [5, 5.41) is 2.98. The number of nitrogens with one attached hydrogen (secondary N) is 1. The molecule has 0 aromatic rings. The number of carbonyl (C=O) groups is 2. The number of rotatable bonds is 1. The van der Waals surface area contributed by atoms with Crippen molar-refractivity contribution in [2.45, 2.75) is 32.1 Å². The van der Waals surface area contributed by atoms with Crippen LogP contribution in [0.2, 0.25) is 0 Å². The van der Waals surface area contributed by atoms with Crippen LogP contribution >= 0.6 is 0 Å². The number of hydrogen-bond acceptors (Lipinski definition) is 3. The fourth-order valence-electron chi connectivity index (χ4n) is 3.55. The molecule has 1 N–H and O–H groups in total. The number of carbonyl (C=O) groups excluding carboxylic acids is 2. The third kappa shape index (κ3) is 2.36. The third-order valence-corrected chi connectivity index (χ3v) is 4.91.